The predicted molar refractivity (Wildman–Crippen MR) is 117 cm³/mol. The molecule has 4 aromatic rings. The van der Waals surface area contributed by atoms with Gasteiger partial charge in [-0.3, -0.25) is 0 Å². The number of nitrogens with zero attached hydrogens (tertiary/aromatic N) is 1. The van der Waals surface area contributed by atoms with Gasteiger partial charge >= 0.3 is 0 Å². The van der Waals surface area contributed by atoms with Crippen molar-refractivity contribution in [3.8, 4) is 0 Å². The molecule has 0 aliphatic heterocycles. The molecule has 0 radical (unpaired) electrons. The Hall–Kier alpha value is -3.32. The van der Waals surface area contributed by atoms with Crippen LogP contribution in [0.15, 0.2) is 121 Å². The third-order valence-electron chi connectivity index (χ3n) is 4.38. The summed E-state index contributed by atoms with van der Waals surface area (Å²) in [6.07, 6.45) is 1.03. The van der Waals surface area contributed by atoms with Crippen molar-refractivity contribution in [2.75, 3.05) is 11.9 Å². The molecule has 134 valence electrons. The SMILES string of the molecule is CN(c1ccccc1)c1ccccc1.c1ccc(Cc2ccccc2)cc1. The zero-order chi connectivity index (χ0) is 18.7. The topological polar surface area (TPSA) is 3.24 Å². The fraction of sp³-hybridized carbons (Fsp3) is 0.0769. The van der Waals surface area contributed by atoms with Crippen LogP contribution in [0.2, 0.25) is 0 Å². The van der Waals surface area contributed by atoms with Crippen molar-refractivity contribution in [1.29, 1.82) is 0 Å². The Kier molecular flexibility index (Phi) is 6.83. The molecule has 0 N–H and O–H groups in total. The number of para-hydroxylation sites is 2. The molecule has 0 heterocycles. The van der Waals surface area contributed by atoms with Crippen LogP contribution in [0.5, 0.6) is 0 Å². The average molecular weight is 351 g/mol. The highest BCUT2D eigenvalue weighted by atomic mass is 15.1. The summed E-state index contributed by atoms with van der Waals surface area (Å²) in [6.45, 7) is 0. The van der Waals surface area contributed by atoms with Crippen molar-refractivity contribution < 1.29 is 0 Å². The van der Waals surface area contributed by atoms with Gasteiger partial charge in [-0.2, -0.15) is 0 Å². The van der Waals surface area contributed by atoms with E-state index >= 15 is 0 Å². The summed E-state index contributed by atoms with van der Waals surface area (Å²) in [5.41, 5.74) is 5.15. The molecule has 0 fully saturated rings. The van der Waals surface area contributed by atoms with Crippen molar-refractivity contribution in [1.82, 2.24) is 0 Å². The summed E-state index contributed by atoms with van der Waals surface area (Å²) in [4.78, 5) is 2.17. The normalized spacial score (nSPS) is 9.81. The standard InChI is InChI=1S/C13H13N.C13H12/c1-14(12-8-4-2-5-9-12)13-10-6-3-7-11-13;1-3-7-12(8-4-1)11-13-9-5-2-6-10-13/h2-11H,1H3;1-10H,11H2. The lowest BCUT2D eigenvalue weighted by atomic mass is 10.1. The zero-order valence-electron chi connectivity index (χ0n) is 15.7. The summed E-state index contributed by atoms with van der Waals surface area (Å²) in [5.74, 6) is 0. The molecule has 0 aliphatic rings. The van der Waals surface area contributed by atoms with Gasteiger partial charge in [0.1, 0.15) is 0 Å². The van der Waals surface area contributed by atoms with Crippen molar-refractivity contribution in [2.45, 2.75) is 6.42 Å². The molecular formula is C26H25N. The Balaban J connectivity index is 0.000000156. The quantitative estimate of drug-likeness (QED) is 0.394. The lowest BCUT2D eigenvalue weighted by Crippen LogP contribution is -2.08. The summed E-state index contributed by atoms with van der Waals surface area (Å²) in [7, 11) is 2.07. The predicted octanol–water partition coefficient (Wildman–Crippen LogP) is 6.73. The summed E-state index contributed by atoms with van der Waals surface area (Å²) in [6, 6.07) is 41.7. The van der Waals surface area contributed by atoms with E-state index in [2.05, 4.69) is 121 Å². The molecule has 1 heteroatoms. The molecule has 0 saturated carbocycles. The van der Waals surface area contributed by atoms with Crippen molar-refractivity contribution >= 4 is 11.4 Å². The van der Waals surface area contributed by atoms with Crippen LogP contribution in [-0.2, 0) is 6.42 Å². The molecule has 4 aromatic carbocycles. The molecule has 27 heavy (non-hydrogen) atoms. The molecule has 0 bridgehead atoms. The Bertz CT molecular complexity index is 811. The minimum atomic E-state index is 1.03. The minimum absolute atomic E-state index is 1.03. The maximum Gasteiger partial charge on any atom is 0.0408 e. The van der Waals surface area contributed by atoms with Gasteiger partial charge in [0.15, 0.2) is 0 Å². The Morgan fingerprint density at radius 1 is 0.444 bits per heavy atom. The van der Waals surface area contributed by atoms with Crippen LogP contribution in [0.4, 0.5) is 11.4 Å². The number of hydrogen-bond donors (Lipinski definition) is 0. The molecule has 1 nitrogen and oxygen atoms in total. The lowest BCUT2D eigenvalue weighted by Gasteiger charge is -2.18. The van der Waals surface area contributed by atoms with Gasteiger partial charge < -0.3 is 4.90 Å². The van der Waals surface area contributed by atoms with E-state index in [1.54, 1.807) is 0 Å². The maximum atomic E-state index is 2.17. The number of anilines is 2. The fourth-order valence-corrected chi connectivity index (χ4v) is 2.88. The first-order valence-corrected chi connectivity index (χ1v) is 9.24. The van der Waals surface area contributed by atoms with Crippen LogP contribution >= 0.6 is 0 Å². The maximum absolute atomic E-state index is 2.17. The van der Waals surface area contributed by atoms with E-state index < -0.39 is 0 Å². The van der Waals surface area contributed by atoms with E-state index in [0.29, 0.717) is 0 Å². The molecule has 0 unspecified atom stereocenters. The Labute approximate surface area is 162 Å². The van der Waals surface area contributed by atoms with Gasteiger partial charge in [-0.1, -0.05) is 97.1 Å². The molecule has 0 aliphatic carbocycles. The summed E-state index contributed by atoms with van der Waals surface area (Å²) >= 11 is 0. The van der Waals surface area contributed by atoms with E-state index in [0.717, 1.165) is 6.42 Å². The monoisotopic (exact) mass is 351 g/mol. The number of rotatable bonds is 4. The highest BCUT2D eigenvalue weighted by Crippen LogP contribution is 2.21. The van der Waals surface area contributed by atoms with Gasteiger partial charge in [0.25, 0.3) is 0 Å². The smallest absolute Gasteiger partial charge is 0.0408 e. The fourth-order valence-electron chi connectivity index (χ4n) is 2.88. The molecule has 0 spiro atoms. The first-order chi connectivity index (χ1) is 13.3. The largest absolute Gasteiger partial charge is 0.345 e. The first-order valence-electron chi connectivity index (χ1n) is 9.24. The van der Waals surface area contributed by atoms with Gasteiger partial charge in [-0.25, -0.2) is 0 Å². The molecule has 0 amide bonds. The van der Waals surface area contributed by atoms with E-state index in [-0.39, 0.29) is 0 Å². The van der Waals surface area contributed by atoms with Gasteiger partial charge in [-0.15, -0.1) is 0 Å². The van der Waals surface area contributed by atoms with E-state index in [9.17, 15) is 0 Å². The molecule has 0 saturated heterocycles. The van der Waals surface area contributed by atoms with Crippen molar-refractivity contribution in [3.63, 3.8) is 0 Å². The van der Waals surface area contributed by atoms with Crippen molar-refractivity contribution in [3.05, 3.63) is 132 Å². The second-order valence-corrected chi connectivity index (χ2v) is 6.38. The Morgan fingerprint density at radius 3 is 1.07 bits per heavy atom. The third-order valence-corrected chi connectivity index (χ3v) is 4.38. The minimum Gasteiger partial charge on any atom is -0.345 e. The number of hydrogen-bond acceptors (Lipinski definition) is 1. The molecule has 4 rings (SSSR count). The van der Waals surface area contributed by atoms with Crippen LogP contribution in [0, 0.1) is 0 Å². The second kappa shape index (κ2) is 9.98. The van der Waals surface area contributed by atoms with E-state index in [1.807, 2.05) is 12.1 Å². The van der Waals surface area contributed by atoms with E-state index in [4.69, 9.17) is 0 Å². The zero-order valence-corrected chi connectivity index (χ0v) is 15.7. The van der Waals surface area contributed by atoms with Crippen LogP contribution < -0.4 is 4.90 Å². The van der Waals surface area contributed by atoms with Gasteiger partial charge in [0.2, 0.25) is 0 Å². The lowest BCUT2D eigenvalue weighted by molar-refractivity contribution is 1.19. The van der Waals surface area contributed by atoms with E-state index in [1.165, 1.54) is 22.5 Å². The van der Waals surface area contributed by atoms with Gasteiger partial charge in [-0.05, 0) is 41.8 Å². The van der Waals surface area contributed by atoms with Gasteiger partial charge in [0.05, 0.1) is 0 Å². The van der Waals surface area contributed by atoms with Crippen LogP contribution in [0.25, 0.3) is 0 Å². The highest BCUT2D eigenvalue weighted by molar-refractivity contribution is 5.61. The summed E-state index contributed by atoms with van der Waals surface area (Å²) in [5, 5.41) is 0. The second-order valence-electron chi connectivity index (χ2n) is 6.38. The van der Waals surface area contributed by atoms with Crippen LogP contribution in [0.3, 0.4) is 0 Å². The van der Waals surface area contributed by atoms with Crippen LogP contribution in [-0.4, -0.2) is 7.05 Å². The molecular weight excluding hydrogens is 326 g/mol. The van der Waals surface area contributed by atoms with Crippen LogP contribution in [0.1, 0.15) is 11.1 Å². The third kappa shape index (κ3) is 5.86. The Morgan fingerprint density at radius 2 is 0.741 bits per heavy atom. The average Bonchev–Trinajstić information content (AvgIpc) is 2.76. The van der Waals surface area contributed by atoms with Crippen molar-refractivity contribution in [2.24, 2.45) is 0 Å². The van der Waals surface area contributed by atoms with Gasteiger partial charge in [0, 0.05) is 18.4 Å². The summed E-state index contributed by atoms with van der Waals surface area (Å²) < 4.78 is 0. The molecule has 0 aromatic heterocycles. The number of benzene rings is 4. The molecule has 0 atom stereocenters. The highest BCUT2D eigenvalue weighted by Gasteiger charge is 2.00. The first kappa shape index (κ1) is 18.5.